The van der Waals surface area contributed by atoms with Crippen LogP contribution in [0.2, 0.25) is 0 Å². The molecule has 3 rings (SSSR count). The number of anilines is 2. The van der Waals surface area contributed by atoms with Gasteiger partial charge in [0.1, 0.15) is 5.69 Å². The third kappa shape index (κ3) is 3.15. The highest BCUT2D eigenvalue weighted by Crippen LogP contribution is 2.36. The van der Waals surface area contributed by atoms with Gasteiger partial charge in [0.2, 0.25) is 0 Å². The molecule has 1 N–H and O–H groups in total. The Morgan fingerprint density at radius 2 is 1.62 bits per heavy atom. The average Bonchev–Trinajstić information content (AvgIpc) is 2.54. The summed E-state index contributed by atoms with van der Waals surface area (Å²) in [6.45, 7) is 0. The van der Waals surface area contributed by atoms with Crippen LogP contribution in [0.4, 0.5) is 30.2 Å². The van der Waals surface area contributed by atoms with Gasteiger partial charge in [-0.1, -0.05) is 30.3 Å². The van der Waals surface area contributed by atoms with Crippen molar-refractivity contribution >= 4 is 27.8 Å². The van der Waals surface area contributed by atoms with Crippen molar-refractivity contribution in [2.24, 2.45) is 0 Å². The highest BCUT2D eigenvalue weighted by atomic mass is 19.4. The van der Waals surface area contributed by atoms with Crippen molar-refractivity contribution in [3.8, 4) is 0 Å². The smallest absolute Gasteiger partial charge is 0.350 e. The van der Waals surface area contributed by atoms with Gasteiger partial charge in [-0.05, 0) is 35.0 Å². The zero-order valence-electron chi connectivity index (χ0n) is 12.2. The Hall–Kier alpha value is -3.09. The molecule has 0 saturated carbocycles. The van der Waals surface area contributed by atoms with Gasteiger partial charge < -0.3 is 5.32 Å². The number of hydrogen-bond acceptors (Lipinski definition) is 3. The zero-order chi connectivity index (χ0) is 17.3. The van der Waals surface area contributed by atoms with Crippen LogP contribution in [-0.4, -0.2) is 4.92 Å². The molecule has 0 spiro atoms. The number of nitro benzene ring substituents is 1. The minimum atomic E-state index is -4.63. The minimum absolute atomic E-state index is 0.00304. The summed E-state index contributed by atoms with van der Waals surface area (Å²) in [5, 5.41) is 15.8. The molecule has 0 aliphatic carbocycles. The molecule has 0 aliphatic rings. The van der Waals surface area contributed by atoms with Gasteiger partial charge in [-0.25, -0.2) is 0 Å². The number of nitro groups is 1. The average molecular weight is 332 g/mol. The number of hydrogen-bond donors (Lipinski definition) is 1. The van der Waals surface area contributed by atoms with Gasteiger partial charge in [0.15, 0.2) is 0 Å². The van der Waals surface area contributed by atoms with E-state index in [0.717, 1.165) is 22.9 Å². The molecule has 0 bridgehead atoms. The molecule has 0 aromatic heterocycles. The van der Waals surface area contributed by atoms with Crippen LogP contribution < -0.4 is 5.32 Å². The third-order valence-electron chi connectivity index (χ3n) is 3.55. The summed E-state index contributed by atoms with van der Waals surface area (Å²) < 4.78 is 38.2. The summed E-state index contributed by atoms with van der Waals surface area (Å²) in [6.07, 6.45) is -4.63. The first-order valence-corrected chi connectivity index (χ1v) is 6.96. The van der Waals surface area contributed by atoms with Crippen LogP contribution in [-0.2, 0) is 6.18 Å². The van der Waals surface area contributed by atoms with Gasteiger partial charge in [-0.2, -0.15) is 13.2 Å². The van der Waals surface area contributed by atoms with E-state index < -0.39 is 22.4 Å². The van der Waals surface area contributed by atoms with Crippen molar-refractivity contribution in [2.75, 3.05) is 5.32 Å². The maximum Gasteiger partial charge on any atom is 0.416 e. The number of nitrogens with one attached hydrogen (secondary N) is 1. The van der Waals surface area contributed by atoms with Crippen LogP contribution in [0.3, 0.4) is 0 Å². The van der Waals surface area contributed by atoms with E-state index in [4.69, 9.17) is 0 Å². The quantitative estimate of drug-likeness (QED) is 0.508. The maximum absolute atomic E-state index is 12.7. The summed E-state index contributed by atoms with van der Waals surface area (Å²) in [6, 6.07) is 15.3. The number of fused-ring (bicyclic) bond motifs is 1. The second-order valence-corrected chi connectivity index (χ2v) is 5.17. The van der Waals surface area contributed by atoms with Crippen molar-refractivity contribution in [3.63, 3.8) is 0 Å². The number of halogens is 3. The summed E-state index contributed by atoms with van der Waals surface area (Å²) in [5.41, 5.74) is -1.13. The lowest BCUT2D eigenvalue weighted by Gasteiger charge is -2.11. The van der Waals surface area contributed by atoms with Crippen LogP contribution in [0, 0.1) is 10.1 Å². The van der Waals surface area contributed by atoms with Gasteiger partial charge in [0.05, 0.1) is 10.5 Å². The number of alkyl halides is 3. The molecule has 3 aromatic rings. The van der Waals surface area contributed by atoms with E-state index in [0.29, 0.717) is 11.8 Å². The van der Waals surface area contributed by atoms with Crippen LogP contribution in [0.25, 0.3) is 10.8 Å². The van der Waals surface area contributed by atoms with Gasteiger partial charge in [0.25, 0.3) is 5.69 Å². The van der Waals surface area contributed by atoms with Crippen LogP contribution >= 0.6 is 0 Å². The Morgan fingerprint density at radius 3 is 2.29 bits per heavy atom. The van der Waals surface area contributed by atoms with E-state index in [9.17, 15) is 23.3 Å². The van der Waals surface area contributed by atoms with Crippen molar-refractivity contribution in [2.45, 2.75) is 6.18 Å². The van der Waals surface area contributed by atoms with E-state index in [1.807, 2.05) is 30.3 Å². The van der Waals surface area contributed by atoms with Crippen molar-refractivity contribution in [1.82, 2.24) is 0 Å². The van der Waals surface area contributed by atoms with Crippen LogP contribution in [0.5, 0.6) is 0 Å². The van der Waals surface area contributed by atoms with E-state index in [1.165, 1.54) is 0 Å². The summed E-state index contributed by atoms with van der Waals surface area (Å²) >= 11 is 0. The van der Waals surface area contributed by atoms with Gasteiger partial charge >= 0.3 is 6.18 Å². The Bertz CT molecular complexity index is 923. The molecule has 0 amide bonds. The van der Waals surface area contributed by atoms with Crippen molar-refractivity contribution in [3.05, 3.63) is 76.3 Å². The summed E-state index contributed by atoms with van der Waals surface area (Å²) in [4.78, 5) is 10.3. The number of rotatable bonds is 3. The normalized spacial score (nSPS) is 11.5. The predicted molar refractivity (Wildman–Crippen MR) is 85.3 cm³/mol. The SMILES string of the molecule is O=[N+]([O-])c1cc(C(F)(F)F)ccc1Nc1ccc2ccccc2c1. The van der Waals surface area contributed by atoms with Crippen LogP contribution in [0.15, 0.2) is 60.7 Å². The van der Waals surface area contributed by atoms with Gasteiger partial charge in [-0.15, -0.1) is 0 Å². The summed E-state index contributed by atoms with van der Waals surface area (Å²) in [5.74, 6) is 0. The number of benzene rings is 3. The standard InChI is InChI=1S/C17H11F3N2O2/c18-17(19,20)13-6-8-15(16(10-13)22(23)24)21-14-7-5-11-3-1-2-4-12(11)9-14/h1-10,21H. The summed E-state index contributed by atoms with van der Waals surface area (Å²) in [7, 11) is 0. The van der Waals surface area contributed by atoms with Gasteiger partial charge in [-0.3, -0.25) is 10.1 Å². The lowest BCUT2D eigenvalue weighted by atomic mass is 10.1. The largest absolute Gasteiger partial charge is 0.416 e. The lowest BCUT2D eigenvalue weighted by molar-refractivity contribution is -0.384. The highest BCUT2D eigenvalue weighted by Gasteiger charge is 2.33. The maximum atomic E-state index is 12.7. The first-order chi connectivity index (χ1) is 11.3. The molecule has 3 aromatic carbocycles. The Morgan fingerprint density at radius 1 is 0.917 bits per heavy atom. The second-order valence-electron chi connectivity index (χ2n) is 5.17. The molecule has 0 heterocycles. The first-order valence-electron chi connectivity index (χ1n) is 6.96. The van der Waals surface area contributed by atoms with E-state index in [-0.39, 0.29) is 5.69 Å². The van der Waals surface area contributed by atoms with Crippen LogP contribution in [0.1, 0.15) is 5.56 Å². The molecule has 0 fully saturated rings. The fraction of sp³-hybridized carbons (Fsp3) is 0.0588. The molecule has 0 saturated heterocycles. The molecule has 122 valence electrons. The molecule has 0 atom stereocenters. The fourth-order valence-corrected chi connectivity index (χ4v) is 2.39. The molecule has 7 heteroatoms. The lowest BCUT2D eigenvalue weighted by Crippen LogP contribution is -2.06. The van der Waals surface area contributed by atoms with E-state index in [1.54, 1.807) is 12.1 Å². The molecule has 4 nitrogen and oxygen atoms in total. The third-order valence-corrected chi connectivity index (χ3v) is 3.55. The van der Waals surface area contributed by atoms with E-state index in [2.05, 4.69) is 5.32 Å². The molecule has 0 aliphatic heterocycles. The Labute approximate surface area is 134 Å². The topological polar surface area (TPSA) is 55.2 Å². The Kier molecular flexibility index (Phi) is 3.84. The first kappa shape index (κ1) is 15.8. The molecule has 0 unspecified atom stereocenters. The van der Waals surface area contributed by atoms with Gasteiger partial charge in [0, 0.05) is 11.8 Å². The zero-order valence-corrected chi connectivity index (χ0v) is 12.2. The molecule has 24 heavy (non-hydrogen) atoms. The highest BCUT2D eigenvalue weighted by molar-refractivity contribution is 5.87. The fourth-order valence-electron chi connectivity index (χ4n) is 2.39. The second kappa shape index (κ2) is 5.84. The predicted octanol–water partition coefficient (Wildman–Crippen LogP) is 5.51. The number of nitrogens with zero attached hydrogens (tertiary/aromatic N) is 1. The Balaban J connectivity index is 2.00. The van der Waals surface area contributed by atoms with Crippen molar-refractivity contribution < 1.29 is 18.1 Å². The molecular formula is C17H11F3N2O2. The monoisotopic (exact) mass is 332 g/mol. The van der Waals surface area contributed by atoms with Crippen molar-refractivity contribution in [1.29, 1.82) is 0 Å². The minimum Gasteiger partial charge on any atom is -0.350 e. The molecular weight excluding hydrogens is 321 g/mol. The van der Waals surface area contributed by atoms with E-state index >= 15 is 0 Å². The molecule has 0 radical (unpaired) electrons.